The summed E-state index contributed by atoms with van der Waals surface area (Å²) in [4.78, 5) is 12.2. The number of carbonyl (C=O) groups excluding carboxylic acids is 1. The summed E-state index contributed by atoms with van der Waals surface area (Å²) in [6.07, 6.45) is 3.37. The first-order chi connectivity index (χ1) is 8.75. The average Bonchev–Trinajstić information content (AvgIpc) is 3.11. The van der Waals surface area contributed by atoms with Crippen molar-refractivity contribution in [3.63, 3.8) is 0 Å². The fraction of sp³-hybridized carbons (Fsp3) is 0.533. The van der Waals surface area contributed by atoms with Crippen LogP contribution in [0.4, 0.5) is 5.69 Å². The number of anilines is 1. The Kier molecular flexibility index (Phi) is 4.35. The Morgan fingerprint density at radius 1 is 1.47 bits per heavy atom. The predicted octanol–water partition coefficient (Wildman–Crippen LogP) is 2.85. The molecule has 1 heterocycles. The van der Waals surface area contributed by atoms with E-state index in [9.17, 15) is 4.79 Å². The van der Waals surface area contributed by atoms with Gasteiger partial charge in [-0.1, -0.05) is 13.0 Å². The summed E-state index contributed by atoms with van der Waals surface area (Å²) in [5.74, 6) is 1.58. The summed E-state index contributed by atoms with van der Waals surface area (Å²) >= 11 is 0. The molecule has 3 nitrogen and oxygen atoms in total. The highest BCUT2D eigenvalue weighted by molar-refractivity contribution is 5.97. The number of carbonyl (C=O) groups is 1. The van der Waals surface area contributed by atoms with E-state index in [1.165, 1.54) is 12.0 Å². The molecule has 1 fully saturated rings. The Morgan fingerprint density at radius 2 is 2.26 bits per heavy atom. The molecule has 19 heavy (non-hydrogen) atoms. The second kappa shape index (κ2) is 5.83. The van der Waals surface area contributed by atoms with Crippen molar-refractivity contribution in [2.45, 2.75) is 26.2 Å². The molecule has 2 atom stereocenters. The van der Waals surface area contributed by atoms with Crippen molar-refractivity contribution in [3.05, 3.63) is 29.3 Å². The van der Waals surface area contributed by atoms with Gasteiger partial charge in [0.15, 0.2) is 0 Å². The van der Waals surface area contributed by atoms with Crippen LogP contribution in [0.3, 0.4) is 0 Å². The molecule has 3 rings (SSSR count). The van der Waals surface area contributed by atoms with E-state index in [0.717, 1.165) is 43.1 Å². The Morgan fingerprint density at radius 3 is 3.00 bits per heavy atom. The Balaban J connectivity index is 0.00000133. The van der Waals surface area contributed by atoms with Gasteiger partial charge in [-0.2, -0.15) is 0 Å². The van der Waals surface area contributed by atoms with Gasteiger partial charge in [-0.25, -0.2) is 0 Å². The van der Waals surface area contributed by atoms with E-state index in [2.05, 4.69) is 23.6 Å². The van der Waals surface area contributed by atoms with Crippen LogP contribution in [0.15, 0.2) is 18.2 Å². The SMILES string of the molecule is CC1CC1CNC(=O)c1cccc2c1CCCN2.Cl. The third-order valence-electron chi connectivity index (χ3n) is 4.14. The number of amides is 1. The predicted molar refractivity (Wildman–Crippen MR) is 80.1 cm³/mol. The molecule has 0 aromatic heterocycles. The molecule has 0 radical (unpaired) electrons. The quantitative estimate of drug-likeness (QED) is 0.894. The molecule has 1 saturated carbocycles. The molecular formula is C15H21ClN2O. The maximum absolute atomic E-state index is 12.2. The van der Waals surface area contributed by atoms with Crippen LogP contribution >= 0.6 is 12.4 Å². The summed E-state index contributed by atoms with van der Waals surface area (Å²) in [6, 6.07) is 5.97. The first-order valence-electron chi connectivity index (χ1n) is 6.89. The van der Waals surface area contributed by atoms with E-state index in [1.807, 2.05) is 12.1 Å². The molecule has 1 aliphatic carbocycles. The van der Waals surface area contributed by atoms with Gasteiger partial charge in [0.25, 0.3) is 5.91 Å². The molecule has 0 bridgehead atoms. The Labute approximate surface area is 120 Å². The van der Waals surface area contributed by atoms with Gasteiger partial charge >= 0.3 is 0 Å². The number of hydrogen-bond acceptors (Lipinski definition) is 2. The molecule has 0 saturated heterocycles. The lowest BCUT2D eigenvalue weighted by Crippen LogP contribution is -2.28. The second-order valence-electron chi connectivity index (χ2n) is 5.55. The third kappa shape index (κ3) is 3.03. The Hall–Kier alpha value is -1.22. The first kappa shape index (κ1) is 14.2. The zero-order valence-electron chi connectivity index (χ0n) is 11.2. The zero-order valence-corrected chi connectivity index (χ0v) is 12.1. The van der Waals surface area contributed by atoms with Crippen LogP contribution in [0.2, 0.25) is 0 Å². The molecule has 104 valence electrons. The number of hydrogen-bond donors (Lipinski definition) is 2. The van der Waals surface area contributed by atoms with Gasteiger partial charge in [0.1, 0.15) is 0 Å². The van der Waals surface area contributed by atoms with Crippen LogP contribution in [-0.4, -0.2) is 19.0 Å². The van der Waals surface area contributed by atoms with Gasteiger partial charge in [-0.3, -0.25) is 4.79 Å². The number of rotatable bonds is 3. The van der Waals surface area contributed by atoms with Crippen molar-refractivity contribution in [3.8, 4) is 0 Å². The lowest BCUT2D eigenvalue weighted by Gasteiger charge is -2.20. The second-order valence-corrected chi connectivity index (χ2v) is 5.55. The Bertz CT molecular complexity index is 475. The monoisotopic (exact) mass is 280 g/mol. The minimum Gasteiger partial charge on any atom is -0.385 e. The summed E-state index contributed by atoms with van der Waals surface area (Å²) in [7, 11) is 0. The number of nitrogens with one attached hydrogen (secondary N) is 2. The van der Waals surface area contributed by atoms with E-state index in [-0.39, 0.29) is 18.3 Å². The van der Waals surface area contributed by atoms with Gasteiger partial charge < -0.3 is 10.6 Å². The summed E-state index contributed by atoms with van der Waals surface area (Å²) in [6.45, 7) is 4.08. The van der Waals surface area contributed by atoms with E-state index < -0.39 is 0 Å². The fourth-order valence-corrected chi connectivity index (χ4v) is 2.73. The number of fused-ring (bicyclic) bond motifs is 1. The van der Waals surface area contributed by atoms with Gasteiger partial charge in [0.2, 0.25) is 0 Å². The van der Waals surface area contributed by atoms with Crippen molar-refractivity contribution in [2.75, 3.05) is 18.4 Å². The van der Waals surface area contributed by atoms with Gasteiger partial charge in [-0.15, -0.1) is 12.4 Å². The van der Waals surface area contributed by atoms with Gasteiger partial charge in [-0.05, 0) is 48.8 Å². The molecule has 0 spiro atoms. The van der Waals surface area contributed by atoms with E-state index in [0.29, 0.717) is 5.92 Å². The highest BCUT2D eigenvalue weighted by Gasteiger charge is 2.32. The normalized spacial score (nSPS) is 23.6. The third-order valence-corrected chi connectivity index (χ3v) is 4.14. The molecule has 2 N–H and O–H groups in total. The smallest absolute Gasteiger partial charge is 0.251 e. The molecule has 2 aliphatic rings. The maximum Gasteiger partial charge on any atom is 0.251 e. The molecule has 1 amide bonds. The lowest BCUT2D eigenvalue weighted by atomic mass is 9.97. The zero-order chi connectivity index (χ0) is 12.5. The van der Waals surface area contributed by atoms with Crippen LogP contribution in [0, 0.1) is 11.8 Å². The van der Waals surface area contributed by atoms with Crippen molar-refractivity contribution >= 4 is 24.0 Å². The molecule has 2 unspecified atom stereocenters. The van der Waals surface area contributed by atoms with Crippen molar-refractivity contribution < 1.29 is 4.79 Å². The highest BCUT2D eigenvalue weighted by Crippen LogP contribution is 2.36. The average molecular weight is 281 g/mol. The highest BCUT2D eigenvalue weighted by atomic mass is 35.5. The van der Waals surface area contributed by atoms with Crippen molar-refractivity contribution in [2.24, 2.45) is 11.8 Å². The van der Waals surface area contributed by atoms with Crippen LogP contribution in [0.1, 0.15) is 35.7 Å². The largest absolute Gasteiger partial charge is 0.385 e. The van der Waals surface area contributed by atoms with Gasteiger partial charge in [0.05, 0.1) is 0 Å². The van der Waals surface area contributed by atoms with E-state index in [1.54, 1.807) is 0 Å². The molecular weight excluding hydrogens is 260 g/mol. The lowest BCUT2D eigenvalue weighted by molar-refractivity contribution is 0.0950. The topological polar surface area (TPSA) is 41.1 Å². The standard InChI is InChI=1S/C15H20N2O.ClH/c1-10-8-11(10)9-17-15(18)13-4-2-6-14-12(13)5-3-7-16-14;/h2,4,6,10-11,16H,3,5,7-9H2,1H3,(H,17,18);1H. The molecule has 1 aromatic carbocycles. The van der Waals surface area contributed by atoms with Crippen LogP contribution in [0.5, 0.6) is 0 Å². The van der Waals surface area contributed by atoms with Crippen molar-refractivity contribution in [1.29, 1.82) is 0 Å². The molecule has 1 aromatic rings. The van der Waals surface area contributed by atoms with Crippen molar-refractivity contribution in [1.82, 2.24) is 5.32 Å². The number of halogens is 1. The number of benzene rings is 1. The minimum atomic E-state index is 0. The van der Waals surface area contributed by atoms with E-state index in [4.69, 9.17) is 0 Å². The fourth-order valence-electron chi connectivity index (χ4n) is 2.73. The summed E-state index contributed by atoms with van der Waals surface area (Å²) in [5.41, 5.74) is 3.17. The van der Waals surface area contributed by atoms with E-state index >= 15 is 0 Å². The van der Waals surface area contributed by atoms with Crippen LogP contribution in [-0.2, 0) is 6.42 Å². The van der Waals surface area contributed by atoms with Gasteiger partial charge in [0, 0.05) is 24.3 Å². The maximum atomic E-state index is 12.2. The summed E-state index contributed by atoms with van der Waals surface area (Å²) < 4.78 is 0. The molecule has 4 heteroatoms. The van der Waals surface area contributed by atoms with Crippen LogP contribution in [0.25, 0.3) is 0 Å². The minimum absolute atomic E-state index is 0. The van der Waals surface area contributed by atoms with Crippen LogP contribution < -0.4 is 10.6 Å². The first-order valence-corrected chi connectivity index (χ1v) is 6.89. The molecule has 1 aliphatic heterocycles. The summed E-state index contributed by atoms with van der Waals surface area (Å²) in [5, 5.41) is 6.44.